The van der Waals surface area contributed by atoms with Crippen molar-refractivity contribution in [2.24, 2.45) is 7.05 Å². The number of nitro groups is 1. The Bertz CT molecular complexity index is 737. The summed E-state index contributed by atoms with van der Waals surface area (Å²) in [6, 6.07) is 8.85. The third-order valence-corrected chi connectivity index (χ3v) is 3.58. The number of hydrogen-bond donors (Lipinski definition) is 2. The van der Waals surface area contributed by atoms with E-state index in [1.807, 2.05) is 6.07 Å². The molecular weight excluding hydrogens is 300 g/mol. The molecule has 8 heteroatoms. The summed E-state index contributed by atoms with van der Waals surface area (Å²) in [6.07, 6.45) is 0. The number of carbonyl (C=O) groups is 1. The molecule has 1 amide bonds. The Labute approximate surface area is 132 Å². The molecule has 1 atom stereocenters. The predicted octanol–water partition coefficient (Wildman–Crippen LogP) is 1.27. The van der Waals surface area contributed by atoms with Crippen LogP contribution in [-0.4, -0.2) is 32.3 Å². The number of carbonyl (C=O) groups excluding carboxylic acids is 1. The van der Waals surface area contributed by atoms with Gasteiger partial charge in [-0.15, -0.1) is 0 Å². The van der Waals surface area contributed by atoms with Gasteiger partial charge < -0.3 is 10.4 Å². The summed E-state index contributed by atoms with van der Waals surface area (Å²) in [7, 11) is 1.46. The maximum absolute atomic E-state index is 12.3. The Kier molecular flexibility index (Phi) is 4.46. The van der Waals surface area contributed by atoms with Gasteiger partial charge in [-0.25, -0.2) is 0 Å². The van der Waals surface area contributed by atoms with Crippen LogP contribution in [0.15, 0.2) is 30.3 Å². The van der Waals surface area contributed by atoms with Crippen molar-refractivity contribution in [1.29, 1.82) is 0 Å². The highest BCUT2D eigenvalue weighted by Gasteiger charge is 2.31. The highest BCUT2D eigenvalue weighted by molar-refractivity contribution is 5.96. The molecule has 1 aromatic carbocycles. The van der Waals surface area contributed by atoms with Gasteiger partial charge in [0.05, 0.1) is 11.5 Å². The second kappa shape index (κ2) is 6.17. The topological polar surface area (TPSA) is 110 Å². The van der Waals surface area contributed by atoms with E-state index in [4.69, 9.17) is 0 Å². The van der Waals surface area contributed by atoms with Crippen molar-refractivity contribution in [3.63, 3.8) is 0 Å². The monoisotopic (exact) mass is 318 g/mol. The van der Waals surface area contributed by atoms with Crippen LogP contribution in [0.2, 0.25) is 0 Å². The first-order valence-corrected chi connectivity index (χ1v) is 6.98. The molecule has 1 heterocycles. The highest BCUT2D eigenvalue weighted by Crippen LogP contribution is 2.23. The van der Waals surface area contributed by atoms with Crippen molar-refractivity contribution in [1.82, 2.24) is 15.1 Å². The zero-order valence-electron chi connectivity index (χ0n) is 13.1. The van der Waals surface area contributed by atoms with Gasteiger partial charge in [0.15, 0.2) is 0 Å². The standard InChI is InChI=1S/C15H18N4O4/c1-10-12(19(22)23)13(18(3)17-10)14(20)16-9-15(2,21)11-7-5-4-6-8-11/h4-8,21H,9H2,1-3H3,(H,16,20). The molecule has 1 aromatic heterocycles. The number of aryl methyl sites for hydroxylation is 2. The van der Waals surface area contributed by atoms with Gasteiger partial charge in [0.2, 0.25) is 5.69 Å². The number of benzene rings is 1. The van der Waals surface area contributed by atoms with Crippen molar-refractivity contribution in [2.75, 3.05) is 6.54 Å². The lowest BCUT2D eigenvalue weighted by atomic mass is 9.96. The molecule has 2 rings (SSSR count). The van der Waals surface area contributed by atoms with Crippen LogP contribution in [0.4, 0.5) is 5.69 Å². The van der Waals surface area contributed by atoms with Crippen molar-refractivity contribution >= 4 is 11.6 Å². The molecule has 8 nitrogen and oxygen atoms in total. The average Bonchev–Trinajstić information content (AvgIpc) is 2.80. The highest BCUT2D eigenvalue weighted by atomic mass is 16.6. The quantitative estimate of drug-likeness (QED) is 0.637. The fraction of sp³-hybridized carbons (Fsp3) is 0.333. The van der Waals surface area contributed by atoms with Gasteiger partial charge in [-0.05, 0) is 19.4 Å². The maximum Gasteiger partial charge on any atom is 0.322 e. The molecule has 0 bridgehead atoms. The number of rotatable bonds is 5. The van der Waals surface area contributed by atoms with Gasteiger partial charge in [-0.1, -0.05) is 30.3 Å². The number of nitrogens with one attached hydrogen (secondary N) is 1. The SMILES string of the molecule is Cc1nn(C)c(C(=O)NCC(C)(O)c2ccccc2)c1[N+](=O)[O-]. The Morgan fingerprint density at radius 1 is 1.43 bits per heavy atom. The van der Waals surface area contributed by atoms with Crippen molar-refractivity contribution in [3.05, 3.63) is 57.4 Å². The van der Waals surface area contributed by atoms with Crippen LogP contribution in [0.3, 0.4) is 0 Å². The fourth-order valence-corrected chi connectivity index (χ4v) is 2.36. The van der Waals surface area contributed by atoms with Gasteiger partial charge in [0, 0.05) is 7.05 Å². The summed E-state index contributed by atoms with van der Waals surface area (Å²) in [6.45, 7) is 2.94. The molecular formula is C15H18N4O4. The Hall–Kier alpha value is -2.74. The van der Waals surface area contributed by atoms with E-state index in [2.05, 4.69) is 10.4 Å². The first kappa shape index (κ1) is 16.6. The van der Waals surface area contributed by atoms with E-state index in [1.54, 1.807) is 31.2 Å². The first-order chi connectivity index (χ1) is 10.7. The second-order valence-corrected chi connectivity index (χ2v) is 5.49. The molecule has 0 spiro atoms. The van der Waals surface area contributed by atoms with Crippen LogP contribution in [0.5, 0.6) is 0 Å². The summed E-state index contributed by atoms with van der Waals surface area (Å²) in [5, 5.41) is 28.0. The lowest BCUT2D eigenvalue weighted by Crippen LogP contribution is -2.39. The third-order valence-electron chi connectivity index (χ3n) is 3.58. The molecule has 0 radical (unpaired) electrons. The molecule has 2 N–H and O–H groups in total. The average molecular weight is 318 g/mol. The second-order valence-electron chi connectivity index (χ2n) is 5.49. The summed E-state index contributed by atoms with van der Waals surface area (Å²) in [5.41, 5.74) is -0.964. The molecule has 0 saturated heterocycles. The Balaban J connectivity index is 2.19. The van der Waals surface area contributed by atoms with E-state index in [0.717, 1.165) is 0 Å². The van der Waals surface area contributed by atoms with E-state index in [-0.39, 0.29) is 23.6 Å². The van der Waals surface area contributed by atoms with Gasteiger partial charge in [0.25, 0.3) is 5.91 Å². The lowest BCUT2D eigenvalue weighted by Gasteiger charge is -2.24. The van der Waals surface area contributed by atoms with Crippen molar-refractivity contribution < 1.29 is 14.8 Å². The van der Waals surface area contributed by atoms with Crippen LogP contribution >= 0.6 is 0 Å². The molecule has 0 aliphatic carbocycles. The molecule has 0 fully saturated rings. The van der Waals surface area contributed by atoms with Crippen LogP contribution in [-0.2, 0) is 12.6 Å². The molecule has 0 saturated carbocycles. The van der Waals surface area contributed by atoms with Gasteiger partial charge in [0.1, 0.15) is 11.3 Å². The van der Waals surface area contributed by atoms with Crippen LogP contribution in [0.1, 0.15) is 28.7 Å². The minimum absolute atomic E-state index is 0.0861. The van der Waals surface area contributed by atoms with Crippen LogP contribution < -0.4 is 5.32 Å². The number of nitrogens with zero attached hydrogens (tertiary/aromatic N) is 3. The van der Waals surface area contributed by atoms with Crippen LogP contribution in [0.25, 0.3) is 0 Å². The molecule has 122 valence electrons. The van der Waals surface area contributed by atoms with Crippen molar-refractivity contribution in [3.8, 4) is 0 Å². The number of aliphatic hydroxyl groups is 1. The number of amides is 1. The van der Waals surface area contributed by atoms with Gasteiger partial charge >= 0.3 is 5.69 Å². The normalized spacial score (nSPS) is 13.4. The largest absolute Gasteiger partial charge is 0.384 e. The maximum atomic E-state index is 12.3. The Morgan fingerprint density at radius 3 is 2.61 bits per heavy atom. The molecule has 0 aliphatic heterocycles. The third kappa shape index (κ3) is 3.37. The smallest absolute Gasteiger partial charge is 0.322 e. The summed E-state index contributed by atoms with van der Waals surface area (Å²) in [5.74, 6) is -0.656. The zero-order chi connectivity index (χ0) is 17.2. The van der Waals surface area contributed by atoms with E-state index < -0.39 is 16.4 Å². The van der Waals surface area contributed by atoms with Crippen molar-refractivity contribution in [2.45, 2.75) is 19.4 Å². The predicted molar refractivity (Wildman–Crippen MR) is 82.9 cm³/mol. The summed E-state index contributed by atoms with van der Waals surface area (Å²) < 4.78 is 1.17. The van der Waals surface area contributed by atoms with E-state index >= 15 is 0 Å². The van der Waals surface area contributed by atoms with Crippen LogP contribution in [0, 0.1) is 17.0 Å². The van der Waals surface area contributed by atoms with Gasteiger partial charge in [-0.3, -0.25) is 19.6 Å². The minimum Gasteiger partial charge on any atom is -0.384 e. The van der Waals surface area contributed by atoms with E-state index in [9.17, 15) is 20.0 Å². The fourth-order valence-electron chi connectivity index (χ4n) is 2.36. The number of hydrogen-bond acceptors (Lipinski definition) is 5. The summed E-state index contributed by atoms with van der Waals surface area (Å²) in [4.78, 5) is 22.8. The van der Waals surface area contributed by atoms with E-state index in [1.165, 1.54) is 18.7 Å². The number of aromatic nitrogens is 2. The molecule has 2 aromatic rings. The Morgan fingerprint density at radius 2 is 2.04 bits per heavy atom. The van der Waals surface area contributed by atoms with Gasteiger partial charge in [-0.2, -0.15) is 5.10 Å². The molecule has 1 unspecified atom stereocenters. The molecule has 0 aliphatic rings. The van der Waals surface area contributed by atoms with E-state index in [0.29, 0.717) is 5.56 Å². The minimum atomic E-state index is -1.29. The molecule has 23 heavy (non-hydrogen) atoms. The summed E-state index contributed by atoms with van der Waals surface area (Å²) >= 11 is 0. The zero-order valence-corrected chi connectivity index (χ0v) is 13.1. The first-order valence-electron chi connectivity index (χ1n) is 6.98. The lowest BCUT2D eigenvalue weighted by molar-refractivity contribution is -0.385.